The van der Waals surface area contributed by atoms with Crippen molar-refractivity contribution in [2.24, 2.45) is 0 Å². The summed E-state index contributed by atoms with van der Waals surface area (Å²) in [6, 6.07) is 11.4. The van der Waals surface area contributed by atoms with Gasteiger partial charge in [0.1, 0.15) is 0 Å². The molecule has 0 aromatic heterocycles. The van der Waals surface area contributed by atoms with Crippen molar-refractivity contribution in [1.82, 2.24) is 14.7 Å². The third-order valence-electron chi connectivity index (χ3n) is 8.89. The van der Waals surface area contributed by atoms with Crippen LogP contribution in [0.2, 0.25) is 0 Å². The number of carbonyl (C=O) groups excluding carboxylic acids is 1. The molecule has 0 saturated carbocycles. The Kier molecular flexibility index (Phi) is 8.39. The second-order valence-electron chi connectivity index (χ2n) is 12.2. The third-order valence-corrected chi connectivity index (χ3v) is 8.89. The molecule has 3 aliphatic heterocycles. The van der Waals surface area contributed by atoms with E-state index in [1.807, 2.05) is 9.80 Å². The smallest absolute Gasteiger partial charge is 0.341 e. The van der Waals surface area contributed by atoms with E-state index in [4.69, 9.17) is 0 Å². The number of amides is 1. The SMILES string of the molecule is CC(C)c1cc(CC(C)c2ccc3c(c2)CN(CCC(F)(F)F)CC3)c2c(c1)CN(CC(=O)N1CCC1)CC2. The molecule has 0 aliphatic carbocycles. The molecular weight excluding hydrogens is 499 g/mol. The quantitative estimate of drug-likeness (QED) is 0.407. The summed E-state index contributed by atoms with van der Waals surface area (Å²) in [5.74, 6) is 0.982. The topological polar surface area (TPSA) is 26.8 Å². The summed E-state index contributed by atoms with van der Waals surface area (Å²) < 4.78 is 38.3. The molecule has 1 fully saturated rings. The predicted octanol–water partition coefficient (Wildman–Crippen LogP) is 6.06. The highest BCUT2D eigenvalue weighted by Gasteiger charge is 2.29. The van der Waals surface area contributed by atoms with Gasteiger partial charge in [0.15, 0.2) is 0 Å². The van der Waals surface area contributed by atoms with Gasteiger partial charge in [-0.3, -0.25) is 14.6 Å². The van der Waals surface area contributed by atoms with Crippen molar-refractivity contribution >= 4 is 5.91 Å². The minimum absolute atomic E-state index is 0.0670. The first-order valence-corrected chi connectivity index (χ1v) is 14.6. The van der Waals surface area contributed by atoms with Crippen molar-refractivity contribution < 1.29 is 18.0 Å². The summed E-state index contributed by atoms with van der Waals surface area (Å²) in [7, 11) is 0. The number of alkyl halides is 3. The van der Waals surface area contributed by atoms with Gasteiger partial charge in [-0.15, -0.1) is 0 Å². The van der Waals surface area contributed by atoms with Crippen LogP contribution in [0.1, 0.15) is 84.4 Å². The lowest BCUT2D eigenvalue weighted by Crippen LogP contribution is -2.48. The lowest BCUT2D eigenvalue weighted by Gasteiger charge is -2.35. The van der Waals surface area contributed by atoms with Crippen LogP contribution in [0.25, 0.3) is 0 Å². The molecule has 1 atom stereocenters. The normalized spacial score (nSPS) is 19.0. The summed E-state index contributed by atoms with van der Waals surface area (Å²) >= 11 is 0. The van der Waals surface area contributed by atoms with Crippen LogP contribution < -0.4 is 0 Å². The average Bonchev–Trinajstić information content (AvgIpc) is 2.85. The summed E-state index contributed by atoms with van der Waals surface area (Å²) in [5.41, 5.74) is 9.24. The number of halogens is 3. The van der Waals surface area contributed by atoms with Crippen molar-refractivity contribution in [2.45, 2.75) is 84.0 Å². The highest BCUT2D eigenvalue weighted by atomic mass is 19.4. The maximum absolute atomic E-state index is 12.8. The second-order valence-corrected chi connectivity index (χ2v) is 12.2. The van der Waals surface area contributed by atoms with E-state index in [2.05, 4.69) is 56.0 Å². The lowest BCUT2D eigenvalue weighted by atomic mass is 9.83. The van der Waals surface area contributed by atoms with Crippen molar-refractivity contribution in [1.29, 1.82) is 0 Å². The molecule has 0 bridgehead atoms. The average molecular weight is 542 g/mol. The van der Waals surface area contributed by atoms with E-state index < -0.39 is 12.6 Å². The van der Waals surface area contributed by atoms with Crippen molar-refractivity contribution in [2.75, 3.05) is 39.3 Å². The Labute approximate surface area is 231 Å². The Morgan fingerprint density at radius 3 is 2.28 bits per heavy atom. The summed E-state index contributed by atoms with van der Waals surface area (Å²) in [6.45, 7) is 12.1. The first-order valence-electron chi connectivity index (χ1n) is 14.6. The van der Waals surface area contributed by atoms with E-state index in [0.717, 1.165) is 51.9 Å². The van der Waals surface area contributed by atoms with Gasteiger partial charge in [-0.25, -0.2) is 0 Å². The Morgan fingerprint density at radius 2 is 1.59 bits per heavy atom. The molecule has 0 N–H and O–H groups in total. The molecule has 2 aromatic rings. The molecule has 5 rings (SSSR count). The molecule has 3 heterocycles. The van der Waals surface area contributed by atoms with E-state index in [9.17, 15) is 18.0 Å². The number of hydrogen-bond acceptors (Lipinski definition) is 3. The summed E-state index contributed by atoms with van der Waals surface area (Å²) in [5, 5.41) is 0. The molecular formula is C32H42F3N3O. The monoisotopic (exact) mass is 541 g/mol. The van der Waals surface area contributed by atoms with E-state index in [0.29, 0.717) is 31.5 Å². The van der Waals surface area contributed by atoms with Gasteiger partial charge >= 0.3 is 6.18 Å². The molecule has 7 heteroatoms. The number of nitrogens with zero attached hydrogens (tertiary/aromatic N) is 3. The zero-order valence-corrected chi connectivity index (χ0v) is 23.6. The number of carbonyl (C=O) groups is 1. The van der Waals surface area contributed by atoms with Crippen LogP contribution in [0.15, 0.2) is 30.3 Å². The zero-order chi connectivity index (χ0) is 27.7. The first-order chi connectivity index (χ1) is 18.6. The van der Waals surface area contributed by atoms with Gasteiger partial charge in [0.2, 0.25) is 5.91 Å². The molecule has 212 valence electrons. The number of hydrogen-bond donors (Lipinski definition) is 0. The molecule has 2 aromatic carbocycles. The van der Waals surface area contributed by atoms with E-state index >= 15 is 0 Å². The highest BCUT2D eigenvalue weighted by molar-refractivity contribution is 5.79. The van der Waals surface area contributed by atoms with E-state index in [1.165, 1.54) is 38.9 Å². The van der Waals surface area contributed by atoms with Crippen LogP contribution in [0.5, 0.6) is 0 Å². The molecule has 1 saturated heterocycles. The fourth-order valence-corrected chi connectivity index (χ4v) is 6.25. The highest BCUT2D eigenvalue weighted by Crippen LogP contribution is 2.33. The Bertz CT molecular complexity index is 1190. The van der Waals surface area contributed by atoms with E-state index in [1.54, 1.807) is 0 Å². The van der Waals surface area contributed by atoms with Crippen LogP contribution >= 0.6 is 0 Å². The predicted molar refractivity (Wildman–Crippen MR) is 149 cm³/mol. The number of likely N-dealkylation sites (tertiary alicyclic amines) is 1. The van der Waals surface area contributed by atoms with Gasteiger partial charge in [-0.2, -0.15) is 13.2 Å². The maximum Gasteiger partial charge on any atom is 0.390 e. The van der Waals surface area contributed by atoms with Crippen molar-refractivity contribution in [3.8, 4) is 0 Å². The number of rotatable bonds is 8. The zero-order valence-electron chi connectivity index (χ0n) is 23.6. The molecule has 0 radical (unpaired) electrons. The van der Waals surface area contributed by atoms with Crippen LogP contribution in [0, 0.1) is 0 Å². The molecule has 0 spiro atoms. The fourth-order valence-electron chi connectivity index (χ4n) is 6.25. The summed E-state index contributed by atoms with van der Waals surface area (Å²) in [6.07, 6.45) is -1.04. The molecule has 4 nitrogen and oxygen atoms in total. The van der Waals surface area contributed by atoms with Gasteiger partial charge in [0.05, 0.1) is 13.0 Å². The number of benzene rings is 2. The largest absolute Gasteiger partial charge is 0.390 e. The maximum atomic E-state index is 12.8. The first kappa shape index (κ1) is 28.2. The van der Waals surface area contributed by atoms with E-state index in [-0.39, 0.29) is 12.5 Å². The Morgan fingerprint density at radius 1 is 0.872 bits per heavy atom. The molecule has 39 heavy (non-hydrogen) atoms. The standard InChI is InChI=1S/C32H42F3N3O/c1-22(2)26-17-27(30-8-13-37(20-29(30)18-26)21-31(39)38-10-4-11-38)15-23(3)25-6-5-24-7-12-36(19-28(24)16-25)14-9-32(33,34)35/h5-6,16-18,22-23H,4,7-15,19-21H2,1-3H3. The van der Waals surface area contributed by atoms with Crippen LogP contribution in [-0.2, 0) is 37.1 Å². The van der Waals surface area contributed by atoms with Crippen LogP contribution in [0.3, 0.4) is 0 Å². The molecule has 1 amide bonds. The Balaban J connectivity index is 1.30. The van der Waals surface area contributed by atoms with Crippen LogP contribution in [0.4, 0.5) is 13.2 Å². The fraction of sp³-hybridized carbons (Fsp3) is 0.594. The van der Waals surface area contributed by atoms with Gasteiger partial charge in [0.25, 0.3) is 0 Å². The summed E-state index contributed by atoms with van der Waals surface area (Å²) in [4.78, 5) is 18.8. The van der Waals surface area contributed by atoms with Crippen LogP contribution in [-0.4, -0.2) is 66.1 Å². The van der Waals surface area contributed by atoms with Gasteiger partial charge in [-0.1, -0.05) is 51.1 Å². The van der Waals surface area contributed by atoms with Crippen molar-refractivity contribution in [3.05, 3.63) is 69.3 Å². The molecule has 1 unspecified atom stereocenters. The number of fused-ring (bicyclic) bond motifs is 2. The minimum Gasteiger partial charge on any atom is -0.341 e. The molecule has 3 aliphatic rings. The van der Waals surface area contributed by atoms with Gasteiger partial charge in [0, 0.05) is 45.8 Å². The van der Waals surface area contributed by atoms with Gasteiger partial charge in [-0.05, 0) is 76.5 Å². The van der Waals surface area contributed by atoms with Gasteiger partial charge < -0.3 is 4.90 Å². The minimum atomic E-state index is -4.11. The third kappa shape index (κ3) is 6.86. The lowest BCUT2D eigenvalue weighted by molar-refractivity contribution is -0.138. The second kappa shape index (κ2) is 11.6. The Hall–Kier alpha value is -2.38. The van der Waals surface area contributed by atoms with Crippen molar-refractivity contribution in [3.63, 3.8) is 0 Å².